The number of allylic oxidation sites excluding steroid dienone is 1. The quantitative estimate of drug-likeness (QED) is 0.0323. The Labute approximate surface area is 355 Å². The summed E-state index contributed by atoms with van der Waals surface area (Å²) in [5.41, 5.74) is 0. The Morgan fingerprint density at radius 1 is 0.474 bits per heavy atom. The molecule has 0 bridgehead atoms. The van der Waals surface area contributed by atoms with Gasteiger partial charge in [0, 0.05) is 12.8 Å². The second-order valence-corrected chi connectivity index (χ2v) is 17.5. The van der Waals surface area contributed by atoms with Crippen molar-refractivity contribution < 1.29 is 24.5 Å². The molecule has 6 heteroatoms. The topological polar surface area (TPSA) is 95.9 Å². The van der Waals surface area contributed by atoms with Crippen molar-refractivity contribution in [2.24, 2.45) is 0 Å². The molecule has 3 N–H and O–H groups in total. The van der Waals surface area contributed by atoms with Crippen LogP contribution in [0.25, 0.3) is 0 Å². The van der Waals surface area contributed by atoms with E-state index in [0.29, 0.717) is 19.4 Å². The molecule has 0 aromatic carbocycles. The van der Waals surface area contributed by atoms with E-state index in [4.69, 9.17) is 4.74 Å². The summed E-state index contributed by atoms with van der Waals surface area (Å²) in [6.45, 7) is 4.87. The molecule has 2 atom stereocenters. The number of aliphatic hydroxyl groups is 2. The lowest BCUT2D eigenvalue weighted by molar-refractivity contribution is -0.143. The van der Waals surface area contributed by atoms with Crippen LogP contribution >= 0.6 is 0 Å². The zero-order valence-corrected chi connectivity index (χ0v) is 38.3. The molecule has 0 saturated carbocycles. The zero-order chi connectivity index (χ0) is 41.5. The summed E-state index contributed by atoms with van der Waals surface area (Å²) in [4.78, 5) is 24.3. The third-order valence-corrected chi connectivity index (χ3v) is 11.8. The second kappa shape index (κ2) is 47.3. The fraction of sp³-hybridized carbons (Fsp3) is 0.922. The summed E-state index contributed by atoms with van der Waals surface area (Å²) in [6, 6.07) is -0.625. The first kappa shape index (κ1) is 55.6. The molecule has 57 heavy (non-hydrogen) atoms. The summed E-state index contributed by atoms with van der Waals surface area (Å²) in [5.74, 6) is -0.0629. The minimum absolute atomic E-state index is 0.00929. The Bertz CT molecular complexity index is 847. The first-order chi connectivity index (χ1) is 28.0. The van der Waals surface area contributed by atoms with Gasteiger partial charge in [-0.1, -0.05) is 244 Å². The van der Waals surface area contributed by atoms with E-state index in [0.717, 1.165) is 38.5 Å². The van der Waals surface area contributed by atoms with Gasteiger partial charge in [0.1, 0.15) is 0 Å². The standard InChI is InChI=1S/C51H99NO5/c1-3-5-7-9-11-13-24-29-33-37-41-45-51(56)57-46-42-38-34-30-26-23-21-19-17-15-14-16-18-20-22-25-28-32-36-40-44-50(55)52-48(47-53)49(54)43-39-35-31-27-12-10-8-6-4-2/h39,43,48-49,53-54H,3-38,40-42,44-47H2,1-2H3,(H,52,55)/b43-39+. The number of amides is 1. The molecule has 0 fully saturated rings. The predicted molar refractivity (Wildman–Crippen MR) is 246 cm³/mol. The molecule has 0 radical (unpaired) electrons. The highest BCUT2D eigenvalue weighted by atomic mass is 16.5. The minimum Gasteiger partial charge on any atom is -0.466 e. The van der Waals surface area contributed by atoms with Crippen LogP contribution in [-0.4, -0.2) is 47.4 Å². The Kier molecular flexibility index (Phi) is 46.1. The third-order valence-electron chi connectivity index (χ3n) is 11.8. The zero-order valence-electron chi connectivity index (χ0n) is 38.3. The molecular formula is C51H99NO5. The van der Waals surface area contributed by atoms with E-state index in [2.05, 4.69) is 19.2 Å². The van der Waals surface area contributed by atoms with E-state index in [1.807, 2.05) is 6.08 Å². The molecule has 338 valence electrons. The number of hydrogen-bond donors (Lipinski definition) is 3. The first-order valence-electron chi connectivity index (χ1n) is 25.5. The summed E-state index contributed by atoms with van der Waals surface area (Å²) in [6.07, 6.45) is 53.7. The Morgan fingerprint density at radius 3 is 1.19 bits per heavy atom. The Morgan fingerprint density at radius 2 is 0.807 bits per heavy atom. The molecule has 0 aliphatic carbocycles. The monoisotopic (exact) mass is 806 g/mol. The van der Waals surface area contributed by atoms with Crippen LogP contribution in [-0.2, 0) is 14.3 Å². The summed E-state index contributed by atoms with van der Waals surface area (Å²) >= 11 is 0. The van der Waals surface area contributed by atoms with Crippen LogP contribution in [0.5, 0.6) is 0 Å². The van der Waals surface area contributed by atoms with Gasteiger partial charge in [0.25, 0.3) is 0 Å². The molecule has 0 saturated heterocycles. The van der Waals surface area contributed by atoms with Crippen LogP contribution in [0.2, 0.25) is 0 Å². The highest BCUT2D eigenvalue weighted by Crippen LogP contribution is 2.16. The van der Waals surface area contributed by atoms with Crippen LogP contribution in [0, 0.1) is 0 Å². The van der Waals surface area contributed by atoms with E-state index in [1.165, 1.54) is 212 Å². The fourth-order valence-corrected chi connectivity index (χ4v) is 7.87. The van der Waals surface area contributed by atoms with Crippen molar-refractivity contribution in [2.45, 2.75) is 289 Å². The average molecular weight is 806 g/mol. The van der Waals surface area contributed by atoms with E-state index in [1.54, 1.807) is 6.08 Å². The number of aliphatic hydroxyl groups excluding tert-OH is 2. The van der Waals surface area contributed by atoms with Crippen molar-refractivity contribution in [3.8, 4) is 0 Å². The fourth-order valence-electron chi connectivity index (χ4n) is 7.87. The molecule has 6 nitrogen and oxygen atoms in total. The van der Waals surface area contributed by atoms with Crippen LogP contribution in [0.15, 0.2) is 12.2 Å². The molecule has 2 unspecified atom stereocenters. The van der Waals surface area contributed by atoms with Gasteiger partial charge in [-0.2, -0.15) is 0 Å². The van der Waals surface area contributed by atoms with Crippen LogP contribution in [0.4, 0.5) is 0 Å². The van der Waals surface area contributed by atoms with E-state index >= 15 is 0 Å². The molecule has 0 rings (SSSR count). The summed E-state index contributed by atoms with van der Waals surface area (Å²) in [5, 5.41) is 22.9. The Balaban J connectivity index is 3.38. The van der Waals surface area contributed by atoms with Crippen molar-refractivity contribution in [1.82, 2.24) is 5.32 Å². The molecule has 1 amide bonds. The third kappa shape index (κ3) is 44.0. The smallest absolute Gasteiger partial charge is 0.305 e. The van der Waals surface area contributed by atoms with Gasteiger partial charge < -0.3 is 20.3 Å². The SMILES string of the molecule is CCCCCCCCC/C=C/C(O)C(CO)NC(=O)CCCCCCCCCCCCCCCCCCCCCCOC(=O)CCCCCCCCCCCCC. The van der Waals surface area contributed by atoms with Gasteiger partial charge in [0.2, 0.25) is 5.91 Å². The number of rotatable bonds is 47. The van der Waals surface area contributed by atoms with Gasteiger partial charge in [-0.3, -0.25) is 9.59 Å². The minimum atomic E-state index is -0.842. The van der Waals surface area contributed by atoms with Gasteiger partial charge in [-0.25, -0.2) is 0 Å². The van der Waals surface area contributed by atoms with E-state index in [9.17, 15) is 19.8 Å². The normalized spacial score (nSPS) is 12.7. The number of nitrogens with one attached hydrogen (secondary N) is 1. The lowest BCUT2D eigenvalue weighted by Gasteiger charge is -2.20. The van der Waals surface area contributed by atoms with Gasteiger partial charge >= 0.3 is 5.97 Å². The van der Waals surface area contributed by atoms with Crippen LogP contribution in [0.1, 0.15) is 277 Å². The number of carbonyl (C=O) groups is 2. The predicted octanol–water partition coefficient (Wildman–Crippen LogP) is 15.0. The van der Waals surface area contributed by atoms with Gasteiger partial charge in [-0.15, -0.1) is 0 Å². The first-order valence-corrected chi connectivity index (χ1v) is 25.5. The average Bonchev–Trinajstić information content (AvgIpc) is 3.21. The number of ether oxygens (including phenoxy) is 1. The number of unbranched alkanes of at least 4 members (excludes halogenated alkanes) is 36. The maximum atomic E-state index is 12.4. The number of hydrogen-bond acceptors (Lipinski definition) is 5. The molecule has 0 aromatic rings. The number of esters is 1. The molecule has 0 aromatic heterocycles. The highest BCUT2D eigenvalue weighted by molar-refractivity contribution is 5.76. The van der Waals surface area contributed by atoms with Crippen molar-refractivity contribution in [3.05, 3.63) is 12.2 Å². The largest absolute Gasteiger partial charge is 0.466 e. The van der Waals surface area contributed by atoms with Gasteiger partial charge in [0.15, 0.2) is 0 Å². The molecule has 0 aliphatic heterocycles. The lowest BCUT2D eigenvalue weighted by Crippen LogP contribution is -2.45. The Hall–Kier alpha value is -1.40. The van der Waals surface area contributed by atoms with Crippen molar-refractivity contribution in [2.75, 3.05) is 13.2 Å². The maximum absolute atomic E-state index is 12.4. The van der Waals surface area contributed by atoms with Crippen molar-refractivity contribution in [3.63, 3.8) is 0 Å². The van der Waals surface area contributed by atoms with Gasteiger partial charge in [-0.05, 0) is 32.1 Å². The van der Waals surface area contributed by atoms with E-state index in [-0.39, 0.29) is 18.5 Å². The summed E-state index contributed by atoms with van der Waals surface area (Å²) < 4.78 is 5.45. The molecule has 0 aliphatic rings. The van der Waals surface area contributed by atoms with E-state index < -0.39 is 12.1 Å². The maximum Gasteiger partial charge on any atom is 0.305 e. The van der Waals surface area contributed by atoms with Crippen LogP contribution < -0.4 is 5.32 Å². The number of carbonyl (C=O) groups excluding carboxylic acids is 2. The highest BCUT2D eigenvalue weighted by Gasteiger charge is 2.18. The van der Waals surface area contributed by atoms with Crippen LogP contribution in [0.3, 0.4) is 0 Å². The van der Waals surface area contributed by atoms with Crippen molar-refractivity contribution in [1.29, 1.82) is 0 Å². The van der Waals surface area contributed by atoms with Crippen molar-refractivity contribution >= 4 is 11.9 Å². The molecule has 0 heterocycles. The molecule has 0 spiro atoms. The van der Waals surface area contributed by atoms with Gasteiger partial charge in [0.05, 0.1) is 25.4 Å². The second-order valence-electron chi connectivity index (χ2n) is 17.5. The lowest BCUT2D eigenvalue weighted by atomic mass is 10.0. The summed E-state index contributed by atoms with van der Waals surface area (Å²) in [7, 11) is 0. The molecular weight excluding hydrogens is 707 g/mol.